The maximum atomic E-state index is 13.9. The van der Waals surface area contributed by atoms with E-state index in [0.29, 0.717) is 34.9 Å². The Kier molecular flexibility index (Phi) is 6.60. The third-order valence-corrected chi connectivity index (χ3v) is 5.96. The van der Waals surface area contributed by atoms with E-state index in [9.17, 15) is 19.1 Å². The minimum Gasteiger partial charge on any atom is -0.507 e. The Labute approximate surface area is 203 Å². The van der Waals surface area contributed by atoms with E-state index in [0.717, 1.165) is 5.56 Å². The van der Waals surface area contributed by atoms with E-state index < -0.39 is 23.5 Å². The molecule has 1 aliphatic heterocycles. The summed E-state index contributed by atoms with van der Waals surface area (Å²) < 4.78 is 25.0. The highest BCUT2D eigenvalue weighted by Crippen LogP contribution is 2.44. The van der Waals surface area contributed by atoms with Crippen LogP contribution >= 0.6 is 0 Å². The summed E-state index contributed by atoms with van der Waals surface area (Å²) in [5.74, 6) is -1.47. The number of carbonyl (C=O) groups is 2. The Morgan fingerprint density at radius 1 is 1.03 bits per heavy atom. The van der Waals surface area contributed by atoms with Crippen LogP contribution in [0, 0.1) is 19.7 Å². The van der Waals surface area contributed by atoms with Crippen molar-refractivity contribution in [2.75, 3.05) is 18.6 Å². The summed E-state index contributed by atoms with van der Waals surface area (Å²) in [7, 11) is 1.50. The van der Waals surface area contributed by atoms with E-state index >= 15 is 0 Å². The number of aryl methyl sites for hydroxylation is 2. The molecule has 4 rings (SSSR count). The summed E-state index contributed by atoms with van der Waals surface area (Å²) in [5, 5.41) is 11.2. The number of ketones is 1. The lowest BCUT2D eigenvalue weighted by atomic mass is 9.94. The fourth-order valence-corrected chi connectivity index (χ4v) is 4.27. The van der Waals surface area contributed by atoms with E-state index in [2.05, 4.69) is 0 Å². The highest BCUT2D eigenvalue weighted by atomic mass is 19.1. The quantitative estimate of drug-likeness (QED) is 0.290. The molecule has 1 unspecified atom stereocenters. The summed E-state index contributed by atoms with van der Waals surface area (Å²) in [4.78, 5) is 28.0. The SMILES string of the molecule is CCOc1ccc(C2/C(=C(/O)c3ccc(F)c(C)c3)C(=O)C(=O)N2c2cccc(C)c2)cc1OC. The standard InChI is InChI=1S/C28H26FNO5/c1-5-35-22-12-10-18(15-23(22)34-4)25-24(26(31)19-9-11-21(29)17(3)14-19)27(32)28(33)30(25)20-8-6-7-16(2)13-20/h6-15,25,31H,5H2,1-4H3/b26-24-. The maximum absolute atomic E-state index is 13.9. The molecule has 0 saturated carbocycles. The van der Waals surface area contributed by atoms with Gasteiger partial charge in [-0.05, 0) is 79.9 Å². The highest BCUT2D eigenvalue weighted by Gasteiger charge is 2.47. The van der Waals surface area contributed by atoms with Crippen LogP contribution in [0.4, 0.5) is 10.1 Å². The van der Waals surface area contributed by atoms with Crippen molar-refractivity contribution in [3.63, 3.8) is 0 Å². The molecule has 0 aromatic heterocycles. The fourth-order valence-electron chi connectivity index (χ4n) is 4.27. The number of nitrogens with zero attached hydrogens (tertiary/aromatic N) is 1. The van der Waals surface area contributed by atoms with E-state index in [1.165, 1.54) is 30.2 Å². The number of methoxy groups -OCH3 is 1. The van der Waals surface area contributed by atoms with Crippen LogP contribution in [0.2, 0.25) is 0 Å². The van der Waals surface area contributed by atoms with Crippen molar-refractivity contribution in [1.29, 1.82) is 0 Å². The van der Waals surface area contributed by atoms with Crippen molar-refractivity contribution in [2.45, 2.75) is 26.8 Å². The molecule has 0 aliphatic carbocycles. The predicted octanol–water partition coefficient (Wildman–Crippen LogP) is 5.48. The zero-order chi connectivity index (χ0) is 25.3. The minimum atomic E-state index is -0.938. The largest absolute Gasteiger partial charge is 0.507 e. The number of hydrogen-bond acceptors (Lipinski definition) is 5. The summed E-state index contributed by atoms with van der Waals surface area (Å²) in [6.45, 7) is 5.73. The molecule has 3 aromatic rings. The van der Waals surface area contributed by atoms with E-state index in [1.54, 1.807) is 43.3 Å². The van der Waals surface area contributed by atoms with Gasteiger partial charge in [-0.2, -0.15) is 0 Å². The third kappa shape index (κ3) is 4.37. The van der Waals surface area contributed by atoms with Crippen LogP contribution < -0.4 is 14.4 Å². The zero-order valence-electron chi connectivity index (χ0n) is 20.0. The molecular weight excluding hydrogens is 449 g/mol. The van der Waals surface area contributed by atoms with Gasteiger partial charge in [0, 0.05) is 11.3 Å². The number of hydrogen-bond donors (Lipinski definition) is 1. The highest BCUT2D eigenvalue weighted by molar-refractivity contribution is 6.51. The molecule has 3 aromatic carbocycles. The van der Waals surface area contributed by atoms with E-state index in [4.69, 9.17) is 9.47 Å². The molecule has 0 spiro atoms. The van der Waals surface area contributed by atoms with Gasteiger partial charge in [0.15, 0.2) is 11.5 Å². The number of benzene rings is 3. The summed E-state index contributed by atoms with van der Waals surface area (Å²) >= 11 is 0. The van der Waals surface area contributed by atoms with Crippen molar-refractivity contribution in [2.24, 2.45) is 0 Å². The van der Waals surface area contributed by atoms with Gasteiger partial charge in [0.2, 0.25) is 0 Å². The first-order chi connectivity index (χ1) is 16.8. The van der Waals surface area contributed by atoms with Crippen molar-refractivity contribution in [1.82, 2.24) is 0 Å². The second-order valence-electron chi connectivity index (χ2n) is 8.32. The van der Waals surface area contributed by atoms with Gasteiger partial charge < -0.3 is 14.6 Å². The molecule has 1 aliphatic rings. The number of Topliss-reactive ketones (excluding diaryl/α,β-unsaturated/α-hetero) is 1. The second kappa shape index (κ2) is 9.62. The van der Waals surface area contributed by atoms with Gasteiger partial charge in [0.1, 0.15) is 11.6 Å². The van der Waals surface area contributed by atoms with Gasteiger partial charge in [-0.1, -0.05) is 18.2 Å². The van der Waals surface area contributed by atoms with Crippen LogP contribution in [-0.4, -0.2) is 30.5 Å². The van der Waals surface area contributed by atoms with Gasteiger partial charge in [-0.15, -0.1) is 0 Å². The number of ether oxygens (including phenoxy) is 2. The Balaban J connectivity index is 1.97. The van der Waals surface area contributed by atoms with Gasteiger partial charge >= 0.3 is 0 Å². The zero-order valence-corrected chi connectivity index (χ0v) is 20.0. The van der Waals surface area contributed by atoms with Gasteiger partial charge in [0.25, 0.3) is 11.7 Å². The molecule has 1 atom stereocenters. The molecule has 1 N–H and O–H groups in total. The Morgan fingerprint density at radius 2 is 1.80 bits per heavy atom. The lowest BCUT2D eigenvalue weighted by Gasteiger charge is -2.26. The lowest BCUT2D eigenvalue weighted by Crippen LogP contribution is -2.29. The molecule has 1 saturated heterocycles. The van der Waals surface area contributed by atoms with Crippen LogP contribution in [0.15, 0.2) is 66.2 Å². The van der Waals surface area contributed by atoms with Crippen molar-refractivity contribution in [3.8, 4) is 11.5 Å². The number of carbonyl (C=O) groups excluding carboxylic acids is 2. The van der Waals surface area contributed by atoms with Gasteiger partial charge in [-0.25, -0.2) is 4.39 Å². The molecule has 7 heteroatoms. The predicted molar refractivity (Wildman–Crippen MR) is 131 cm³/mol. The van der Waals surface area contributed by atoms with Crippen LogP contribution in [0.1, 0.15) is 35.2 Å². The number of amides is 1. The van der Waals surface area contributed by atoms with Gasteiger partial charge in [0.05, 0.1) is 25.3 Å². The molecule has 1 amide bonds. The molecule has 1 heterocycles. The maximum Gasteiger partial charge on any atom is 0.300 e. The Bertz CT molecular complexity index is 1350. The third-order valence-electron chi connectivity index (χ3n) is 5.96. The van der Waals surface area contributed by atoms with E-state index in [1.807, 2.05) is 19.9 Å². The summed E-state index contributed by atoms with van der Waals surface area (Å²) in [6.07, 6.45) is 0. The molecule has 0 radical (unpaired) electrons. The van der Waals surface area contributed by atoms with Crippen LogP contribution in [0.3, 0.4) is 0 Å². The number of halogens is 1. The monoisotopic (exact) mass is 475 g/mol. The van der Waals surface area contributed by atoms with Crippen LogP contribution in [-0.2, 0) is 9.59 Å². The van der Waals surface area contributed by atoms with E-state index in [-0.39, 0.29) is 16.9 Å². The molecule has 35 heavy (non-hydrogen) atoms. The first-order valence-corrected chi connectivity index (χ1v) is 11.2. The summed E-state index contributed by atoms with van der Waals surface area (Å²) in [5.41, 5.74) is 2.43. The van der Waals surface area contributed by atoms with Crippen molar-refractivity contribution < 1.29 is 28.6 Å². The van der Waals surface area contributed by atoms with Crippen molar-refractivity contribution >= 4 is 23.1 Å². The number of aliphatic hydroxyl groups is 1. The number of anilines is 1. The lowest BCUT2D eigenvalue weighted by molar-refractivity contribution is -0.132. The van der Waals surface area contributed by atoms with Crippen molar-refractivity contribution in [3.05, 3.63) is 94.3 Å². The minimum absolute atomic E-state index is 0.0891. The smallest absolute Gasteiger partial charge is 0.300 e. The first kappa shape index (κ1) is 24.0. The molecular formula is C28H26FNO5. The fraction of sp³-hybridized carbons (Fsp3) is 0.214. The second-order valence-corrected chi connectivity index (χ2v) is 8.32. The molecule has 180 valence electrons. The average Bonchev–Trinajstić information content (AvgIpc) is 3.11. The van der Waals surface area contributed by atoms with Crippen LogP contribution in [0.5, 0.6) is 11.5 Å². The number of rotatable bonds is 6. The first-order valence-electron chi connectivity index (χ1n) is 11.2. The number of aliphatic hydroxyl groups excluding tert-OH is 1. The Hall–Kier alpha value is -4.13. The summed E-state index contributed by atoms with van der Waals surface area (Å²) in [6, 6.07) is 15.4. The topological polar surface area (TPSA) is 76.1 Å². The molecule has 1 fully saturated rings. The van der Waals surface area contributed by atoms with Gasteiger partial charge in [-0.3, -0.25) is 14.5 Å². The molecule has 6 nitrogen and oxygen atoms in total. The molecule has 0 bridgehead atoms. The average molecular weight is 476 g/mol. The van der Waals surface area contributed by atoms with Crippen LogP contribution in [0.25, 0.3) is 5.76 Å². The Morgan fingerprint density at radius 3 is 2.46 bits per heavy atom. The normalized spacial score (nSPS) is 17.1.